The molecule has 96 valence electrons. The molecule has 1 rings (SSSR count). The molecule has 0 aliphatic rings. The van der Waals surface area contributed by atoms with Crippen molar-refractivity contribution in [2.24, 2.45) is 0 Å². The van der Waals surface area contributed by atoms with Crippen LogP contribution in [0.4, 0.5) is 4.39 Å². The lowest BCUT2D eigenvalue weighted by Crippen LogP contribution is -2.31. The van der Waals surface area contributed by atoms with Crippen molar-refractivity contribution in [3.63, 3.8) is 0 Å². The van der Waals surface area contributed by atoms with Crippen molar-refractivity contribution >= 4 is 15.9 Å². The standard InChI is InChI=1S/C14H21BrFN/c1-3-5-13(17-8-4-2)9-11-6-7-12(15)10-14(11)16/h6-7,10,13,17H,3-5,8-9H2,1-2H3. The van der Waals surface area contributed by atoms with Crippen LogP contribution >= 0.6 is 15.9 Å². The first kappa shape index (κ1) is 14.7. The number of hydrogen-bond donors (Lipinski definition) is 1. The van der Waals surface area contributed by atoms with Crippen LogP contribution in [0.3, 0.4) is 0 Å². The van der Waals surface area contributed by atoms with Crippen molar-refractivity contribution in [1.82, 2.24) is 5.32 Å². The molecule has 1 aromatic rings. The molecule has 0 amide bonds. The zero-order chi connectivity index (χ0) is 12.7. The van der Waals surface area contributed by atoms with Crippen LogP contribution in [0.1, 0.15) is 38.7 Å². The third-order valence-corrected chi connectivity index (χ3v) is 3.29. The molecular formula is C14H21BrFN. The number of rotatable bonds is 7. The summed E-state index contributed by atoms with van der Waals surface area (Å²) in [5.74, 6) is -0.112. The minimum absolute atomic E-state index is 0.112. The molecule has 0 radical (unpaired) electrons. The molecule has 0 spiro atoms. The molecule has 3 heteroatoms. The van der Waals surface area contributed by atoms with Gasteiger partial charge in [0.15, 0.2) is 0 Å². The van der Waals surface area contributed by atoms with Crippen LogP contribution in [-0.4, -0.2) is 12.6 Å². The Kier molecular flexibility index (Phi) is 6.75. The summed E-state index contributed by atoms with van der Waals surface area (Å²) in [6, 6.07) is 5.70. The fraction of sp³-hybridized carbons (Fsp3) is 0.571. The van der Waals surface area contributed by atoms with Crippen molar-refractivity contribution in [3.8, 4) is 0 Å². The second-order valence-electron chi connectivity index (χ2n) is 4.38. The van der Waals surface area contributed by atoms with Crippen LogP contribution in [0.15, 0.2) is 22.7 Å². The maximum Gasteiger partial charge on any atom is 0.127 e. The molecule has 0 aliphatic carbocycles. The van der Waals surface area contributed by atoms with Gasteiger partial charge in [0.1, 0.15) is 5.82 Å². The van der Waals surface area contributed by atoms with E-state index in [1.807, 2.05) is 12.1 Å². The van der Waals surface area contributed by atoms with Gasteiger partial charge in [-0.1, -0.05) is 42.3 Å². The van der Waals surface area contributed by atoms with Gasteiger partial charge in [-0.2, -0.15) is 0 Å². The fourth-order valence-corrected chi connectivity index (χ4v) is 2.26. The van der Waals surface area contributed by atoms with Crippen molar-refractivity contribution in [2.45, 2.75) is 45.6 Å². The van der Waals surface area contributed by atoms with Gasteiger partial charge in [0, 0.05) is 10.5 Å². The summed E-state index contributed by atoms with van der Waals surface area (Å²) in [6.45, 7) is 5.32. The van der Waals surface area contributed by atoms with Gasteiger partial charge in [-0.25, -0.2) is 4.39 Å². The molecule has 0 heterocycles. The third kappa shape index (κ3) is 5.17. The number of nitrogens with one attached hydrogen (secondary N) is 1. The van der Waals surface area contributed by atoms with Gasteiger partial charge in [0.2, 0.25) is 0 Å². The van der Waals surface area contributed by atoms with Crippen LogP contribution in [0.5, 0.6) is 0 Å². The Hall–Kier alpha value is -0.410. The second-order valence-corrected chi connectivity index (χ2v) is 5.30. The van der Waals surface area contributed by atoms with Crippen LogP contribution in [0, 0.1) is 5.82 Å². The second kappa shape index (κ2) is 7.83. The molecule has 0 aromatic heterocycles. The largest absolute Gasteiger partial charge is 0.314 e. The molecular weight excluding hydrogens is 281 g/mol. The molecule has 1 aromatic carbocycles. The summed E-state index contributed by atoms with van der Waals surface area (Å²) in [7, 11) is 0. The lowest BCUT2D eigenvalue weighted by Gasteiger charge is -2.18. The molecule has 17 heavy (non-hydrogen) atoms. The van der Waals surface area contributed by atoms with E-state index in [1.54, 1.807) is 0 Å². The van der Waals surface area contributed by atoms with E-state index in [4.69, 9.17) is 0 Å². The highest BCUT2D eigenvalue weighted by Gasteiger charge is 2.11. The van der Waals surface area contributed by atoms with Crippen LogP contribution in [-0.2, 0) is 6.42 Å². The van der Waals surface area contributed by atoms with E-state index in [9.17, 15) is 4.39 Å². The van der Waals surface area contributed by atoms with Gasteiger partial charge >= 0.3 is 0 Å². The smallest absolute Gasteiger partial charge is 0.127 e. The quantitative estimate of drug-likeness (QED) is 0.792. The fourth-order valence-electron chi connectivity index (χ4n) is 1.93. The highest BCUT2D eigenvalue weighted by Crippen LogP contribution is 2.17. The summed E-state index contributed by atoms with van der Waals surface area (Å²) in [5.41, 5.74) is 0.801. The molecule has 0 aliphatic heterocycles. The first-order valence-electron chi connectivity index (χ1n) is 6.34. The Morgan fingerprint density at radius 3 is 2.65 bits per heavy atom. The summed E-state index contributed by atoms with van der Waals surface area (Å²) < 4.78 is 14.5. The van der Waals surface area contributed by atoms with Crippen LogP contribution in [0.25, 0.3) is 0 Å². The summed E-state index contributed by atoms with van der Waals surface area (Å²) in [5, 5.41) is 3.48. The van der Waals surface area contributed by atoms with E-state index in [0.717, 1.165) is 42.3 Å². The van der Waals surface area contributed by atoms with E-state index < -0.39 is 0 Å². The van der Waals surface area contributed by atoms with Gasteiger partial charge in [0.05, 0.1) is 0 Å². The Morgan fingerprint density at radius 2 is 2.06 bits per heavy atom. The summed E-state index contributed by atoms with van der Waals surface area (Å²) in [4.78, 5) is 0. The predicted molar refractivity (Wildman–Crippen MR) is 74.8 cm³/mol. The average molecular weight is 302 g/mol. The van der Waals surface area contributed by atoms with Gasteiger partial charge in [-0.05, 0) is 43.5 Å². The molecule has 0 saturated carbocycles. The zero-order valence-electron chi connectivity index (χ0n) is 10.6. The van der Waals surface area contributed by atoms with E-state index in [0.29, 0.717) is 6.04 Å². The van der Waals surface area contributed by atoms with E-state index in [1.165, 1.54) is 6.07 Å². The summed E-state index contributed by atoms with van der Waals surface area (Å²) in [6.07, 6.45) is 4.10. The Balaban J connectivity index is 2.64. The maximum atomic E-state index is 13.7. The average Bonchev–Trinajstić information content (AvgIpc) is 2.29. The molecule has 0 fully saturated rings. The topological polar surface area (TPSA) is 12.0 Å². The molecule has 1 N–H and O–H groups in total. The molecule has 1 atom stereocenters. The Bertz CT molecular complexity index is 341. The number of benzene rings is 1. The zero-order valence-corrected chi connectivity index (χ0v) is 12.2. The van der Waals surface area contributed by atoms with E-state index in [-0.39, 0.29) is 5.82 Å². The normalized spacial score (nSPS) is 12.7. The van der Waals surface area contributed by atoms with Gasteiger partial charge in [-0.3, -0.25) is 0 Å². The molecule has 0 bridgehead atoms. The lowest BCUT2D eigenvalue weighted by atomic mass is 10.0. The number of hydrogen-bond acceptors (Lipinski definition) is 1. The van der Waals surface area contributed by atoms with Crippen LogP contribution in [0.2, 0.25) is 0 Å². The van der Waals surface area contributed by atoms with E-state index >= 15 is 0 Å². The highest BCUT2D eigenvalue weighted by atomic mass is 79.9. The van der Waals surface area contributed by atoms with Crippen molar-refractivity contribution in [3.05, 3.63) is 34.1 Å². The number of halogens is 2. The van der Waals surface area contributed by atoms with Gasteiger partial charge < -0.3 is 5.32 Å². The Morgan fingerprint density at radius 1 is 1.29 bits per heavy atom. The lowest BCUT2D eigenvalue weighted by molar-refractivity contribution is 0.464. The van der Waals surface area contributed by atoms with Crippen molar-refractivity contribution < 1.29 is 4.39 Å². The highest BCUT2D eigenvalue weighted by molar-refractivity contribution is 9.10. The van der Waals surface area contributed by atoms with Gasteiger partial charge in [-0.15, -0.1) is 0 Å². The summed E-state index contributed by atoms with van der Waals surface area (Å²) >= 11 is 3.28. The van der Waals surface area contributed by atoms with Gasteiger partial charge in [0.25, 0.3) is 0 Å². The van der Waals surface area contributed by atoms with Crippen molar-refractivity contribution in [1.29, 1.82) is 0 Å². The SMILES string of the molecule is CCCNC(CCC)Cc1ccc(Br)cc1F. The third-order valence-electron chi connectivity index (χ3n) is 2.80. The maximum absolute atomic E-state index is 13.7. The molecule has 1 nitrogen and oxygen atoms in total. The predicted octanol–water partition coefficient (Wildman–Crippen LogP) is 4.30. The van der Waals surface area contributed by atoms with E-state index in [2.05, 4.69) is 35.1 Å². The first-order chi connectivity index (χ1) is 8.17. The Labute approximate surface area is 112 Å². The first-order valence-corrected chi connectivity index (χ1v) is 7.14. The minimum Gasteiger partial charge on any atom is -0.314 e. The van der Waals surface area contributed by atoms with Crippen LogP contribution < -0.4 is 5.32 Å². The minimum atomic E-state index is -0.112. The van der Waals surface area contributed by atoms with Crippen molar-refractivity contribution in [2.75, 3.05) is 6.54 Å². The monoisotopic (exact) mass is 301 g/mol. The molecule has 0 saturated heterocycles. The molecule has 1 unspecified atom stereocenters.